The van der Waals surface area contributed by atoms with E-state index in [0.717, 1.165) is 43.9 Å². The van der Waals surface area contributed by atoms with Gasteiger partial charge in [0.2, 0.25) is 59.1 Å². The number of carboxylic acids is 1. The molecular formula is C80H129N11O17. The fraction of sp³-hybridized carbons (Fsp3) is 0.675. The normalized spacial score (nSPS) is 16.5. The highest BCUT2D eigenvalue weighted by Crippen LogP contribution is 2.44. The zero-order valence-electron chi connectivity index (χ0n) is 68.9. The van der Waals surface area contributed by atoms with Gasteiger partial charge in [-0.3, -0.25) is 52.8 Å². The number of aliphatic carboxylic acids is 1. The molecule has 1 aliphatic rings. The highest BCUT2D eigenvalue weighted by Gasteiger charge is 2.46. The van der Waals surface area contributed by atoms with Crippen LogP contribution in [0.2, 0.25) is 0 Å². The third-order valence-corrected chi connectivity index (χ3v) is 19.7. The van der Waals surface area contributed by atoms with Crippen LogP contribution in [0.15, 0.2) is 60.7 Å². The van der Waals surface area contributed by atoms with Gasteiger partial charge in [-0.1, -0.05) is 137 Å². The average Bonchev–Trinajstić information content (AvgIpc) is 1.60. The van der Waals surface area contributed by atoms with Crippen molar-refractivity contribution >= 4 is 71.1 Å². The van der Waals surface area contributed by atoms with Gasteiger partial charge in [0.05, 0.1) is 23.9 Å². The smallest absolute Gasteiger partial charge is 0.410 e. The number of fused-ring (bicyclic) bond motifs is 3. The Labute approximate surface area is 640 Å². The number of likely N-dealkylation sites (N-methyl/N-ethyl adjacent to an activating group) is 6. The quantitative estimate of drug-likeness (QED) is 0.0338. The van der Waals surface area contributed by atoms with E-state index >= 15 is 0 Å². The molecule has 1 aliphatic carbocycles. The van der Waals surface area contributed by atoms with E-state index in [2.05, 4.69) is 26.6 Å². The van der Waals surface area contributed by atoms with Gasteiger partial charge in [0, 0.05) is 48.2 Å². The van der Waals surface area contributed by atoms with Crippen molar-refractivity contribution in [1.29, 1.82) is 0 Å². The van der Waals surface area contributed by atoms with Crippen LogP contribution in [-0.2, 0) is 62.2 Å². The minimum absolute atomic E-state index is 0.00827. The Morgan fingerprint density at radius 1 is 0.481 bits per heavy atom. The molecule has 11 amide bonds. The van der Waals surface area contributed by atoms with E-state index in [4.69, 9.17) is 9.47 Å². The number of rotatable bonds is 40. The summed E-state index contributed by atoms with van der Waals surface area (Å²) in [7, 11) is 8.28. The first-order chi connectivity index (χ1) is 50.0. The summed E-state index contributed by atoms with van der Waals surface area (Å²) in [6.07, 6.45) is -0.728. The van der Waals surface area contributed by atoms with Crippen molar-refractivity contribution in [3.63, 3.8) is 0 Å². The lowest BCUT2D eigenvalue weighted by molar-refractivity contribution is -0.155. The monoisotopic (exact) mass is 1520 g/mol. The molecule has 1 unspecified atom stereocenters. The van der Waals surface area contributed by atoms with Crippen LogP contribution in [0.1, 0.15) is 188 Å². The highest BCUT2D eigenvalue weighted by atomic mass is 16.6. The molecule has 0 bridgehead atoms. The zero-order valence-corrected chi connectivity index (χ0v) is 68.9. The summed E-state index contributed by atoms with van der Waals surface area (Å²) in [6.45, 7) is 33.9. The lowest BCUT2D eigenvalue weighted by Crippen LogP contribution is -2.63. The summed E-state index contributed by atoms with van der Waals surface area (Å²) in [5, 5.41) is 45.1. The van der Waals surface area contributed by atoms with Gasteiger partial charge in [0.15, 0.2) is 6.04 Å². The van der Waals surface area contributed by atoms with Crippen molar-refractivity contribution in [3.05, 3.63) is 71.8 Å². The average molecular weight is 1520 g/mol. The minimum atomic E-state index is -1.79. The van der Waals surface area contributed by atoms with Crippen molar-refractivity contribution in [2.24, 2.45) is 35.5 Å². The molecule has 0 heterocycles. The summed E-state index contributed by atoms with van der Waals surface area (Å²) in [5.41, 5.74) is 3.31. The molecule has 0 saturated heterocycles. The molecule has 8 N–H and O–H groups in total. The molecule has 3 rings (SSSR count). The van der Waals surface area contributed by atoms with Crippen LogP contribution in [0.5, 0.6) is 0 Å². The van der Waals surface area contributed by atoms with Crippen LogP contribution in [0.25, 0.3) is 11.1 Å². The van der Waals surface area contributed by atoms with E-state index < -0.39 is 173 Å². The summed E-state index contributed by atoms with van der Waals surface area (Å²) in [5.74, 6) is -11.4. The van der Waals surface area contributed by atoms with Crippen LogP contribution >= 0.6 is 0 Å². The third kappa shape index (κ3) is 25.8. The van der Waals surface area contributed by atoms with Crippen LogP contribution < -0.4 is 26.6 Å². The van der Waals surface area contributed by atoms with Crippen molar-refractivity contribution < 1.29 is 82.3 Å². The maximum Gasteiger partial charge on any atom is 0.410 e. The van der Waals surface area contributed by atoms with Crippen LogP contribution in [0, 0.1) is 35.5 Å². The second-order valence-electron chi connectivity index (χ2n) is 32.3. The van der Waals surface area contributed by atoms with Crippen LogP contribution in [0.4, 0.5) is 4.79 Å². The maximum absolute atomic E-state index is 15.0. The minimum Gasteiger partial charge on any atom is -0.480 e. The largest absolute Gasteiger partial charge is 0.480 e. The van der Waals surface area contributed by atoms with E-state index in [9.17, 15) is 72.9 Å². The second kappa shape index (κ2) is 41.9. The van der Waals surface area contributed by atoms with Crippen molar-refractivity contribution in [2.45, 2.75) is 267 Å². The number of carboxylic acid groups (broad SMARTS) is 1. The fourth-order valence-electron chi connectivity index (χ4n) is 13.7. The first kappa shape index (κ1) is 93.7. The number of nitrogens with one attached hydrogen (secondary N) is 5. The second-order valence-corrected chi connectivity index (χ2v) is 32.3. The van der Waals surface area contributed by atoms with Gasteiger partial charge in [0.25, 0.3) is 0 Å². The van der Waals surface area contributed by atoms with Gasteiger partial charge in [0.1, 0.15) is 67.0 Å². The molecule has 28 nitrogen and oxygen atoms in total. The number of amides is 11. The van der Waals surface area contributed by atoms with E-state index in [0.29, 0.717) is 0 Å². The van der Waals surface area contributed by atoms with Crippen molar-refractivity contribution in [3.8, 4) is 11.1 Å². The van der Waals surface area contributed by atoms with Gasteiger partial charge in [-0.05, 0) is 152 Å². The van der Waals surface area contributed by atoms with Crippen LogP contribution in [0.3, 0.4) is 0 Å². The Hall–Kier alpha value is -8.50. The molecule has 0 aromatic heterocycles. The van der Waals surface area contributed by atoms with E-state index in [1.165, 1.54) is 77.8 Å². The number of carbonyl (C=O) groups is 12. The molecule has 15 atom stereocenters. The van der Waals surface area contributed by atoms with Gasteiger partial charge < -0.3 is 75.9 Å². The summed E-state index contributed by atoms with van der Waals surface area (Å²) < 4.78 is 12.2. The summed E-state index contributed by atoms with van der Waals surface area (Å²) in [4.78, 5) is 179. The van der Waals surface area contributed by atoms with Gasteiger partial charge >= 0.3 is 12.1 Å². The number of ether oxygens (including phenoxy) is 2. The molecule has 0 radical (unpaired) electrons. The third-order valence-electron chi connectivity index (χ3n) is 19.7. The Balaban J connectivity index is 1.87. The number of nitrogens with zero attached hydrogens (tertiary/aromatic N) is 6. The molecule has 0 fully saturated rings. The number of aliphatic hydroxyl groups excluding tert-OH is 2. The number of hydrogen-bond acceptors (Lipinski definition) is 16. The summed E-state index contributed by atoms with van der Waals surface area (Å²) >= 11 is 0. The van der Waals surface area contributed by atoms with Gasteiger partial charge in [-0.2, -0.15) is 0 Å². The Morgan fingerprint density at radius 2 is 0.898 bits per heavy atom. The molecule has 28 heteroatoms. The Morgan fingerprint density at radius 3 is 1.34 bits per heavy atom. The fourth-order valence-corrected chi connectivity index (χ4v) is 13.7. The molecule has 0 aliphatic heterocycles. The van der Waals surface area contributed by atoms with Gasteiger partial charge in [-0.25, -0.2) is 9.59 Å². The Bertz CT molecular complexity index is 3400. The van der Waals surface area contributed by atoms with Gasteiger partial charge in [-0.15, -0.1) is 0 Å². The Kier molecular flexibility index (Phi) is 36.3. The standard InChI is InChI=1S/C80H129N11O17/c1-27-28-33-48(12)67(93)66(72(98)85-63(52(16)92)78(104)105)91(26)77(103)64(47(10)11)89(24)76(102)60(39-44(4)5)83-70(96)62(41-46(8)9)87(22)73(99)50(14)82-68(94)49(13)81-69(95)61(40-45(6)7)88(23)75(101)59(38-43(2)3)84-71(97)65(53(17)108-80(18,19)20)90(25)74(100)51(15)86(21)79(106)107-42-58-56-36-31-29-34-54(56)55-35-30-32-37-57(55)58/h27-32,34-37,43-53,58-67,92-93H,33,38-42H2,1-26H3,(H,81,95)(H,82,94)(H,83,96)(H,84,97)(H,85,98)(H,104,105)/t48-,49+,50-,51-,52-,53?,59+,60+,61+,62+,63+,64+,65+,66+,67-/m1/s1. The maximum atomic E-state index is 15.0. The molecule has 2 aromatic carbocycles. The molecule has 0 saturated carbocycles. The highest BCUT2D eigenvalue weighted by molar-refractivity contribution is 5.99. The molecule has 2 aromatic rings. The molecule has 0 spiro atoms. The number of carbonyl (C=O) groups excluding carboxylic acids is 11. The number of allylic oxidation sites excluding steroid dienone is 2. The van der Waals surface area contributed by atoms with Crippen LogP contribution in [-0.4, -0.2) is 255 Å². The predicted octanol–water partition coefficient (Wildman–Crippen LogP) is 6.33. The molecule has 108 heavy (non-hydrogen) atoms. The molecular weight excluding hydrogens is 1390 g/mol. The molecule has 606 valence electrons. The first-order valence-corrected chi connectivity index (χ1v) is 37.9. The van der Waals surface area contributed by atoms with E-state index in [1.54, 1.807) is 67.5 Å². The predicted molar refractivity (Wildman–Crippen MR) is 413 cm³/mol. The zero-order chi connectivity index (χ0) is 82.6. The summed E-state index contributed by atoms with van der Waals surface area (Å²) in [6, 6.07) is 0.952. The van der Waals surface area contributed by atoms with Crippen molar-refractivity contribution in [1.82, 2.24) is 56.0 Å². The number of aliphatic hydroxyl groups is 2. The lowest BCUT2D eigenvalue weighted by Gasteiger charge is -2.40. The van der Waals surface area contributed by atoms with E-state index in [1.807, 2.05) is 104 Å². The topological polar surface area (TPSA) is 364 Å². The number of benzene rings is 2. The SMILES string of the molecule is CC=CC[C@@H](C)[C@@H](O)[C@@H](C(=O)N[C@H](C(=O)O)[C@@H](C)O)N(C)C(=O)[C@H](C(C)C)N(C)C(=O)[C@H](CC(C)C)NC(=O)[C@H](CC(C)C)N(C)C(=O)[C@@H](C)NC(=O)[C@H](C)NC(=O)[C@H](CC(C)C)N(C)C(=O)[C@H](CC(C)C)NC(=O)[C@H](C(C)OC(C)(C)C)N(C)C(=O)[C@@H](C)N(C)C(=O)OCC1c2ccccc2-c2ccccc21. The van der Waals surface area contributed by atoms with E-state index in [-0.39, 0.29) is 68.3 Å². The first-order valence-electron chi connectivity index (χ1n) is 37.9. The lowest BCUT2D eigenvalue weighted by atomic mass is 9.91. The van der Waals surface area contributed by atoms with Crippen molar-refractivity contribution in [2.75, 3.05) is 48.9 Å². The number of hydrogen-bond donors (Lipinski definition) is 8.